The molecule has 0 atom stereocenters. The van der Waals surface area contributed by atoms with E-state index < -0.39 is 0 Å². The summed E-state index contributed by atoms with van der Waals surface area (Å²) in [5, 5.41) is 18.1. The van der Waals surface area contributed by atoms with Crippen LogP contribution in [0.25, 0.3) is 11.1 Å². The molecule has 206 valence electrons. The Morgan fingerprint density at radius 1 is 0.524 bits per heavy atom. The Morgan fingerprint density at radius 3 is 1.24 bits per heavy atom. The van der Waals surface area contributed by atoms with Gasteiger partial charge in [0, 0.05) is 23.8 Å². The SMILES string of the molecule is CC1=NN(c2ccccc2)C(=O)/C1=C\Nc1ccc(-c2ccc(N/C=C3\C(=O)N(c4ccccc4)N=C3C)cc2)cc1. The van der Waals surface area contributed by atoms with E-state index >= 15 is 0 Å². The van der Waals surface area contributed by atoms with Crippen LogP contribution in [0.3, 0.4) is 0 Å². The molecule has 2 aliphatic heterocycles. The van der Waals surface area contributed by atoms with Gasteiger partial charge in [0.1, 0.15) is 0 Å². The maximum atomic E-state index is 12.9. The minimum absolute atomic E-state index is 0.166. The van der Waals surface area contributed by atoms with Crippen molar-refractivity contribution in [3.8, 4) is 11.1 Å². The molecular weight excluding hydrogens is 524 g/mol. The fourth-order valence-electron chi connectivity index (χ4n) is 4.69. The van der Waals surface area contributed by atoms with Crippen molar-refractivity contribution in [3.05, 3.63) is 133 Å². The summed E-state index contributed by atoms with van der Waals surface area (Å²) in [6.07, 6.45) is 3.41. The van der Waals surface area contributed by atoms with Crippen LogP contribution in [0.5, 0.6) is 0 Å². The Hall–Kier alpha value is -5.76. The van der Waals surface area contributed by atoms with Crippen LogP contribution in [0, 0.1) is 0 Å². The number of carbonyl (C=O) groups is 2. The molecule has 0 bridgehead atoms. The highest BCUT2D eigenvalue weighted by Gasteiger charge is 2.29. The molecule has 0 saturated heterocycles. The van der Waals surface area contributed by atoms with E-state index in [0.29, 0.717) is 22.6 Å². The molecule has 0 radical (unpaired) electrons. The van der Waals surface area contributed by atoms with Crippen LogP contribution in [-0.4, -0.2) is 23.2 Å². The zero-order chi connectivity index (χ0) is 29.1. The molecule has 42 heavy (non-hydrogen) atoms. The summed E-state index contributed by atoms with van der Waals surface area (Å²) in [5.74, 6) is -0.333. The van der Waals surface area contributed by atoms with Crippen molar-refractivity contribution < 1.29 is 9.59 Å². The van der Waals surface area contributed by atoms with Crippen LogP contribution in [0.1, 0.15) is 13.8 Å². The van der Waals surface area contributed by atoms with Gasteiger partial charge in [-0.3, -0.25) is 9.59 Å². The molecule has 0 spiro atoms. The largest absolute Gasteiger partial charge is 0.361 e. The molecule has 0 fully saturated rings. The first-order valence-corrected chi connectivity index (χ1v) is 13.5. The van der Waals surface area contributed by atoms with Crippen molar-refractivity contribution in [2.75, 3.05) is 20.7 Å². The summed E-state index contributed by atoms with van der Waals surface area (Å²) >= 11 is 0. The summed E-state index contributed by atoms with van der Waals surface area (Å²) in [4.78, 5) is 25.8. The summed E-state index contributed by atoms with van der Waals surface area (Å²) in [7, 11) is 0. The Balaban J connectivity index is 1.08. The van der Waals surface area contributed by atoms with E-state index in [1.807, 2.05) is 123 Å². The lowest BCUT2D eigenvalue weighted by molar-refractivity contribution is -0.115. The fourth-order valence-corrected chi connectivity index (χ4v) is 4.69. The summed E-state index contributed by atoms with van der Waals surface area (Å²) in [6, 6.07) is 34.7. The first-order valence-electron chi connectivity index (χ1n) is 13.5. The van der Waals surface area contributed by atoms with Crippen LogP contribution < -0.4 is 20.7 Å². The van der Waals surface area contributed by atoms with Crippen LogP contribution in [0.2, 0.25) is 0 Å². The average molecular weight is 553 g/mol. The molecule has 6 rings (SSSR count). The third-order valence-electron chi connectivity index (χ3n) is 7.00. The van der Waals surface area contributed by atoms with Gasteiger partial charge in [-0.05, 0) is 73.5 Å². The second kappa shape index (κ2) is 11.4. The summed E-state index contributed by atoms with van der Waals surface area (Å²) < 4.78 is 0. The van der Waals surface area contributed by atoms with E-state index in [0.717, 1.165) is 33.9 Å². The van der Waals surface area contributed by atoms with Crippen molar-refractivity contribution in [2.45, 2.75) is 13.8 Å². The van der Waals surface area contributed by atoms with E-state index in [9.17, 15) is 9.59 Å². The quantitative estimate of drug-likeness (QED) is 0.247. The smallest absolute Gasteiger partial charge is 0.282 e. The van der Waals surface area contributed by atoms with Gasteiger partial charge in [0.05, 0.1) is 33.9 Å². The fraction of sp³-hybridized carbons (Fsp3) is 0.0588. The molecule has 2 amide bonds. The number of carbonyl (C=O) groups excluding carboxylic acids is 2. The third-order valence-corrected chi connectivity index (χ3v) is 7.00. The van der Waals surface area contributed by atoms with Gasteiger partial charge in [0.15, 0.2) is 0 Å². The predicted octanol–water partition coefficient (Wildman–Crippen LogP) is 6.79. The van der Waals surface area contributed by atoms with Crippen molar-refractivity contribution in [2.24, 2.45) is 10.2 Å². The normalized spacial score (nSPS) is 16.7. The van der Waals surface area contributed by atoms with E-state index in [4.69, 9.17) is 0 Å². The highest BCUT2D eigenvalue weighted by molar-refractivity contribution is 6.30. The maximum absolute atomic E-state index is 12.9. The van der Waals surface area contributed by atoms with E-state index in [2.05, 4.69) is 20.8 Å². The zero-order valence-corrected chi connectivity index (χ0v) is 23.2. The second-order valence-corrected chi connectivity index (χ2v) is 9.84. The summed E-state index contributed by atoms with van der Waals surface area (Å²) in [5.41, 5.74) is 7.65. The number of benzene rings is 4. The minimum Gasteiger partial charge on any atom is -0.361 e. The van der Waals surface area contributed by atoms with Gasteiger partial charge in [0.2, 0.25) is 0 Å². The number of nitrogens with zero attached hydrogens (tertiary/aromatic N) is 4. The summed E-state index contributed by atoms with van der Waals surface area (Å²) in [6.45, 7) is 3.65. The molecule has 0 unspecified atom stereocenters. The number of hydrazone groups is 2. The lowest BCUT2D eigenvalue weighted by atomic mass is 10.0. The van der Waals surface area contributed by atoms with Gasteiger partial charge < -0.3 is 10.6 Å². The van der Waals surface area contributed by atoms with E-state index in [1.54, 1.807) is 12.4 Å². The molecule has 4 aromatic carbocycles. The molecule has 0 saturated carbocycles. The van der Waals surface area contributed by atoms with Gasteiger partial charge in [-0.25, -0.2) is 0 Å². The number of nitrogens with one attached hydrogen (secondary N) is 2. The molecule has 2 aliphatic rings. The third kappa shape index (κ3) is 5.33. The van der Waals surface area contributed by atoms with E-state index in [-0.39, 0.29) is 11.8 Å². The standard InChI is InChI=1S/C34H28N6O2/c1-23-31(33(41)39(37-23)29-9-5-3-6-10-29)21-35-27-17-13-25(14-18-27)26-15-19-28(20-16-26)36-22-32-24(2)38-40(34(32)42)30-11-7-4-8-12-30/h3-22,35-36H,1-2H3/b31-21-,32-22-. The Bertz CT molecular complexity index is 1620. The van der Waals surface area contributed by atoms with Crippen molar-refractivity contribution >= 4 is 46.0 Å². The van der Waals surface area contributed by atoms with Gasteiger partial charge in [-0.2, -0.15) is 20.2 Å². The van der Waals surface area contributed by atoms with Gasteiger partial charge in [-0.15, -0.1) is 0 Å². The predicted molar refractivity (Wildman–Crippen MR) is 169 cm³/mol. The molecular formula is C34H28N6O2. The first kappa shape index (κ1) is 26.5. The second-order valence-electron chi connectivity index (χ2n) is 9.84. The van der Waals surface area contributed by atoms with Crippen molar-refractivity contribution in [1.82, 2.24) is 0 Å². The first-order chi connectivity index (χ1) is 20.5. The number of amides is 2. The molecule has 2 heterocycles. The maximum Gasteiger partial charge on any atom is 0.282 e. The number of rotatable bonds is 7. The number of hydrogen-bond acceptors (Lipinski definition) is 6. The Labute approximate surface area is 244 Å². The van der Waals surface area contributed by atoms with Crippen LogP contribution in [-0.2, 0) is 9.59 Å². The average Bonchev–Trinajstić information content (AvgIpc) is 3.48. The highest BCUT2D eigenvalue weighted by atomic mass is 16.2. The van der Waals surface area contributed by atoms with Gasteiger partial charge in [-0.1, -0.05) is 60.7 Å². The molecule has 8 heteroatoms. The van der Waals surface area contributed by atoms with Crippen LogP contribution >= 0.6 is 0 Å². The molecule has 0 aromatic heterocycles. The molecule has 0 aliphatic carbocycles. The number of hydrogen-bond donors (Lipinski definition) is 2. The zero-order valence-electron chi connectivity index (χ0n) is 23.2. The number of para-hydroxylation sites is 2. The number of anilines is 4. The van der Waals surface area contributed by atoms with Crippen LogP contribution in [0.4, 0.5) is 22.7 Å². The Morgan fingerprint density at radius 2 is 0.881 bits per heavy atom. The monoisotopic (exact) mass is 552 g/mol. The molecule has 8 nitrogen and oxygen atoms in total. The molecule has 2 N–H and O–H groups in total. The molecule has 4 aromatic rings. The van der Waals surface area contributed by atoms with Gasteiger partial charge in [0.25, 0.3) is 11.8 Å². The lowest BCUT2D eigenvalue weighted by Crippen LogP contribution is -2.21. The van der Waals surface area contributed by atoms with Crippen molar-refractivity contribution in [1.29, 1.82) is 0 Å². The van der Waals surface area contributed by atoms with E-state index in [1.165, 1.54) is 10.0 Å². The minimum atomic E-state index is -0.166. The topological polar surface area (TPSA) is 89.4 Å². The highest BCUT2D eigenvalue weighted by Crippen LogP contribution is 2.27. The van der Waals surface area contributed by atoms with Gasteiger partial charge >= 0.3 is 0 Å². The van der Waals surface area contributed by atoms with Crippen LogP contribution in [0.15, 0.2) is 143 Å². The van der Waals surface area contributed by atoms with Crippen molar-refractivity contribution in [3.63, 3.8) is 0 Å². The lowest BCUT2D eigenvalue weighted by Gasteiger charge is -2.11. The Kier molecular flexibility index (Phi) is 7.17.